The van der Waals surface area contributed by atoms with E-state index < -0.39 is 18.2 Å². The molecule has 0 aromatic heterocycles. The van der Waals surface area contributed by atoms with Gasteiger partial charge in [-0.3, -0.25) is 0 Å². The van der Waals surface area contributed by atoms with Gasteiger partial charge in [0.1, 0.15) is 0 Å². The zero-order valence-corrected chi connectivity index (χ0v) is 9.03. The van der Waals surface area contributed by atoms with Crippen molar-refractivity contribution < 1.29 is 19.4 Å². The van der Waals surface area contributed by atoms with Crippen LogP contribution in [0.1, 0.15) is 12.8 Å². The lowest BCUT2D eigenvalue weighted by Gasteiger charge is -2.28. The minimum atomic E-state index is -1.06. The summed E-state index contributed by atoms with van der Waals surface area (Å²) in [5.41, 5.74) is 0. The summed E-state index contributed by atoms with van der Waals surface area (Å²) in [5, 5.41) is 8.74. The van der Waals surface area contributed by atoms with E-state index in [0.29, 0.717) is 0 Å². The zero-order valence-electron chi connectivity index (χ0n) is 8.22. The lowest BCUT2D eigenvalue weighted by atomic mass is 10.1. The molecule has 0 radical (unpaired) electrons. The van der Waals surface area contributed by atoms with Gasteiger partial charge in [-0.25, -0.2) is 9.59 Å². The number of hydrogen-bond donors (Lipinski definition) is 1. The molecule has 2 atom stereocenters. The van der Waals surface area contributed by atoms with Gasteiger partial charge >= 0.3 is 12.1 Å². The summed E-state index contributed by atoms with van der Waals surface area (Å²) in [7, 11) is 0. The highest BCUT2D eigenvalue weighted by molar-refractivity contribution is 7.99. The molecule has 1 unspecified atom stereocenters. The predicted octanol–water partition coefficient (Wildman–Crippen LogP) is 0.787. The van der Waals surface area contributed by atoms with E-state index in [4.69, 9.17) is 9.84 Å². The van der Waals surface area contributed by atoms with Crippen LogP contribution in [0, 0.1) is 0 Å². The maximum atomic E-state index is 11.4. The molecule has 0 aliphatic carbocycles. The average Bonchev–Trinajstić information content (AvgIpc) is 2.62. The van der Waals surface area contributed by atoms with Crippen molar-refractivity contribution in [3.8, 4) is 0 Å². The number of ether oxygens (including phenoxy) is 1. The third-order valence-electron chi connectivity index (χ3n) is 2.69. The summed E-state index contributed by atoms with van der Waals surface area (Å²) in [6.07, 6.45) is 0.574. The molecule has 2 saturated heterocycles. The van der Waals surface area contributed by atoms with Crippen molar-refractivity contribution >= 4 is 23.8 Å². The second-order valence-corrected chi connectivity index (χ2v) is 4.88. The maximum Gasteiger partial charge on any atom is 0.411 e. The van der Waals surface area contributed by atoms with Gasteiger partial charge in [0.2, 0.25) is 6.10 Å². The zero-order chi connectivity index (χ0) is 10.8. The molecular formula is C9H13NO4S. The quantitative estimate of drug-likeness (QED) is 0.761. The SMILES string of the molecule is O=C(O)[C@H]1CN(C2CCCSC2)C(=O)O1. The molecule has 0 aromatic rings. The fourth-order valence-corrected chi connectivity index (χ4v) is 3.03. The van der Waals surface area contributed by atoms with E-state index in [1.165, 1.54) is 0 Å². The van der Waals surface area contributed by atoms with Crippen LogP contribution in [0.5, 0.6) is 0 Å². The second-order valence-electron chi connectivity index (χ2n) is 3.73. The first-order valence-corrected chi connectivity index (χ1v) is 6.12. The van der Waals surface area contributed by atoms with Gasteiger partial charge in [0.05, 0.1) is 6.54 Å². The smallest absolute Gasteiger partial charge is 0.411 e. The van der Waals surface area contributed by atoms with E-state index in [-0.39, 0.29) is 12.6 Å². The summed E-state index contributed by atoms with van der Waals surface area (Å²) in [6, 6.07) is 0.153. The molecule has 0 spiro atoms. The van der Waals surface area contributed by atoms with Crippen LogP contribution in [0.2, 0.25) is 0 Å². The number of cyclic esters (lactones) is 1. The summed E-state index contributed by atoms with van der Waals surface area (Å²) in [5.74, 6) is 0.956. The Morgan fingerprint density at radius 3 is 2.93 bits per heavy atom. The summed E-state index contributed by atoms with van der Waals surface area (Å²) in [4.78, 5) is 23.6. The predicted molar refractivity (Wildman–Crippen MR) is 55.0 cm³/mol. The lowest BCUT2D eigenvalue weighted by molar-refractivity contribution is -0.144. The molecule has 5 nitrogen and oxygen atoms in total. The van der Waals surface area contributed by atoms with Crippen LogP contribution < -0.4 is 0 Å². The number of carbonyl (C=O) groups excluding carboxylic acids is 1. The standard InChI is InChI=1S/C9H13NO4S/c11-8(12)7-4-10(9(13)14-7)6-2-1-3-15-5-6/h6-7H,1-5H2,(H,11,12)/t6?,7-/m1/s1. The Kier molecular flexibility index (Phi) is 3.04. The third-order valence-corrected chi connectivity index (χ3v) is 3.89. The number of carbonyl (C=O) groups is 2. The highest BCUT2D eigenvalue weighted by Gasteiger charge is 2.39. The van der Waals surface area contributed by atoms with Crippen LogP contribution >= 0.6 is 11.8 Å². The summed E-state index contributed by atoms with van der Waals surface area (Å²) >= 11 is 1.80. The minimum absolute atomic E-state index is 0.153. The van der Waals surface area contributed by atoms with Crippen LogP contribution in [0.3, 0.4) is 0 Å². The van der Waals surface area contributed by atoms with Crippen LogP contribution in [0.4, 0.5) is 4.79 Å². The van der Waals surface area contributed by atoms with Gasteiger partial charge in [-0.1, -0.05) is 0 Å². The van der Waals surface area contributed by atoms with Gasteiger partial charge in [-0.05, 0) is 18.6 Å². The van der Waals surface area contributed by atoms with Gasteiger partial charge in [-0.15, -0.1) is 0 Å². The van der Waals surface area contributed by atoms with E-state index in [1.807, 2.05) is 0 Å². The molecule has 1 N–H and O–H groups in total. The van der Waals surface area contributed by atoms with Crippen molar-refractivity contribution in [3.05, 3.63) is 0 Å². The van der Waals surface area contributed by atoms with E-state index in [1.54, 1.807) is 16.7 Å². The Morgan fingerprint density at radius 1 is 1.60 bits per heavy atom. The van der Waals surface area contributed by atoms with E-state index in [0.717, 1.165) is 24.3 Å². The average molecular weight is 231 g/mol. The molecule has 2 aliphatic heterocycles. The fraction of sp³-hybridized carbons (Fsp3) is 0.778. The van der Waals surface area contributed by atoms with E-state index in [9.17, 15) is 9.59 Å². The lowest BCUT2D eigenvalue weighted by Crippen LogP contribution is -2.40. The van der Waals surface area contributed by atoms with Crippen LogP contribution in [-0.2, 0) is 9.53 Å². The Balaban J connectivity index is 1.97. The van der Waals surface area contributed by atoms with Crippen LogP contribution in [-0.4, -0.2) is 52.3 Å². The van der Waals surface area contributed by atoms with Gasteiger partial charge in [-0.2, -0.15) is 11.8 Å². The third kappa shape index (κ3) is 2.19. The summed E-state index contributed by atoms with van der Waals surface area (Å²) in [6.45, 7) is 0.194. The first-order valence-electron chi connectivity index (χ1n) is 4.96. The Labute approximate surface area is 91.8 Å². The van der Waals surface area contributed by atoms with Crippen molar-refractivity contribution in [3.63, 3.8) is 0 Å². The van der Waals surface area contributed by atoms with Crippen molar-refractivity contribution in [2.75, 3.05) is 18.1 Å². The monoisotopic (exact) mass is 231 g/mol. The van der Waals surface area contributed by atoms with E-state index >= 15 is 0 Å². The molecule has 2 aliphatic rings. The molecule has 0 saturated carbocycles. The van der Waals surface area contributed by atoms with Gasteiger partial charge in [0.15, 0.2) is 0 Å². The number of nitrogens with zero attached hydrogens (tertiary/aromatic N) is 1. The number of aliphatic carboxylic acids is 1. The van der Waals surface area contributed by atoms with Crippen molar-refractivity contribution in [1.82, 2.24) is 4.90 Å². The number of carboxylic acids is 1. The van der Waals surface area contributed by atoms with Crippen molar-refractivity contribution in [2.24, 2.45) is 0 Å². The molecule has 2 fully saturated rings. The molecule has 1 amide bonds. The second kappa shape index (κ2) is 4.30. The highest BCUT2D eigenvalue weighted by Crippen LogP contribution is 2.25. The van der Waals surface area contributed by atoms with Crippen molar-refractivity contribution in [1.29, 1.82) is 0 Å². The Morgan fingerprint density at radius 2 is 2.40 bits per heavy atom. The van der Waals surface area contributed by atoms with Gasteiger partial charge in [0, 0.05) is 11.8 Å². The summed E-state index contributed by atoms with van der Waals surface area (Å²) < 4.78 is 4.77. The number of hydrogen-bond acceptors (Lipinski definition) is 4. The number of carboxylic acid groups (broad SMARTS) is 1. The molecular weight excluding hydrogens is 218 g/mol. The van der Waals surface area contributed by atoms with Crippen LogP contribution in [0.15, 0.2) is 0 Å². The van der Waals surface area contributed by atoms with Gasteiger partial charge in [0.25, 0.3) is 0 Å². The Hall–Kier alpha value is -0.910. The normalized spacial score (nSPS) is 31.5. The molecule has 0 bridgehead atoms. The maximum absolute atomic E-state index is 11.4. The fourth-order valence-electron chi connectivity index (χ4n) is 1.88. The highest BCUT2D eigenvalue weighted by atomic mass is 32.2. The molecule has 2 rings (SSSR count). The van der Waals surface area contributed by atoms with E-state index in [2.05, 4.69) is 0 Å². The number of amides is 1. The van der Waals surface area contributed by atoms with Gasteiger partial charge < -0.3 is 14.7 Å². The minimum Gasteiger partial charge on any atom is -0.478 e. The molecule has 2 heterocycles. The Bertz CT molecular complexity index is 277. The number of thioether (sulfide) groups is 1. The molecule has 6 heteroatoms. The molecule has 15 heavy (non-hydrogen) atoms. The van der Waals surface area contributed by atoms with Crippen LogP contribution in [0.25, 0.3) is 0 Å². The molecule has 0 aromatic carbocycles. The van der Waals surface area contributed by atoms with Crippen molar-refractivity contribution in [2.45, 2.75) is 25.0 Å². The largest absolute Gasteiger partial charge is 0.478 e. The topological polar surface area (TPSA) is 66.8 Å². The molecule has 84 valence electrons. The first kappa shape index (κ1) is 10.6. The number of rotatable bonds is 2. The first-order chi connectivity index (χ1) is 7.18.